The van der Waals surface area contributed by atoms with Gasteiger partial charge in [-0.05, 0) is 20.3 Å². The van der Waals surface area contributed by atoms with Crippen LogP contribution in [0.5, 0.6) is 0 Å². The molecule has 0 saturated heterocycles. The van der Waals surface area contributed by atoms with E-state index in [9.17, 15) is 9.59 Å². The van der Waals surface area contributed by atoms with Crippen molar-refractivity contribution in [1.82, 2.24) is 15.1 Å². The monoisotopic (exact) mass is 268 g/mol. The highest BCUT2D eigenvalue weighted by molar-refractivity contribution is 5.95. The summed E-state index contributed by atoms with van der Waals surface area (Å²) >= 11 is 0. The number of hydrogen-bond donors (Lipinski definition) is 2. The van der Waals surface area contributed by atoms with Gasteiger partial charge in [-0.2, -0.15) is 5.10 Å². The highest BCUT2D eigenvalue weighted by Gasteiger charge is 2.24. The van der Waals surface area contributed by atoms with Gasteiger partial charge in [0.1, 0.15) is 0 Å². The lowest BCUT2D eigenvalue weighted by atomic mass is 10.3. The molecule has 3 N–H and O–H groups in total. The number of anilines is 1. The van der Waals surface area contributed by atoms with Crippen molar-refractivity contribution in [2.45, 2.75) is 33.3 Å². The number of nitrogen functional groups attached to an aromatic ring is 1. The number of nitrogens with one attached hydrogen (secondary N) is 1. The molecule has 0 aliphatic rings. The Labute approximate surface area is 112 Å². The third-order valence-electron chi connectivity index (χ3n) is 2.66. The number of nitrogens with two attached hydrogens (primary N) is 1. The van der Waals surface area contributed by atoms with Gasteiger partial charge in [0.25, 0.3) is 5.91 Å². The normalized spacial score (nSPS) is 12.0. The number of carbonyl (C=O) groups excluding carboxylic acids is 2. The number of ether oxygens (including phenoxy) is 1. The topological polar surface area (TPSA) is 99.2 Å². The van der Waals surface area contributed by atoms with Gasteiger partial charge < -0.3 is 15.8 Å². The first-order valence-corrected chi connectivity index (χ1v) is 6.16. The standard InChI is InChI=1S/C12H20N4O3/c1-5-6-14-11(17)8(3)19-12(18)10-9(13)7(2)15-16(10)4/h8H,5-6,13H2,1-4H3,(H,14,17). The molecule has 0 aliphatic carbocycles. The van der Waals surface area contributed by atoms with Gasteiger partial charge in [0, 0.05) is 13.6 Å². The van der Waals surface area contributed by atoms with Crippen molar-refractivity contribution < 1.29 is 14.3 Å². The summed E-state index contributed by atoms with van der Waals surface area (Å²) in [6.45, 7) is 5.70. The van der Waals surface area contributed by atoms with Gasteiger partial charge in [0.2, 0.25) is 0 Å². The molecule has 0 bridgehead atoms. The highest BCUT2D eigenvalue weighted by atomic mass is 16.5. The van der Waals surface area contributed by atoms with Crippen LogP contribution in [0.1, 0.15) is 36.5 Å². The molecule has 1 rings (SSSR count). The Balaban J connectivity index is 2.72. The maximum Gasteiger partial charge on any atom is 0.359 e. The van der Waals surface area contributed by atoms with E-state index >= 15 is 0 Å². The third kappa shape index (κ3) is 3.46. The summed E-state index contributed by atoms with van der Waals surface area (Å²) in [4.78, 5) is 23.5. The molecular formula is C12H20N4O3. The lowest BCUT2D eigenvalue weighted by Crippen LogP contribution is -2.36. The van der Waals surface area contributed by atoms with E-state index in [4.69, 9.17) is 10.5 Å². The predicted molar refractivity (Wildman–Crippen MR) is 70.5 cm³/mol. The SMILES string of the molecule is CCCNC(=O)C(C)OC(=O)c1c(N)c(C)nn1C. The molecule has 1 unspecified atom stereocenters. The van der Waals surface area contributed by atoms with Crippen LogP contribution in [-0.4, -0.2) is 34.3 Å². The first-order chi connectivity index (χ1) is 8.88. The minimum atomic E-state index is -0.867. The van der Waals surface area contributed by atoms with Crippen LogP contribution >= 0.6 is 0 Å². The van der Waals surface area contributed by atoms with E-state index in [0.717, 1.165) is 6.42 Å². The molecule has 106 valence electrons. The number of amides is 1. The Morgan fingerprint density at radius 2 is 2.16 bits per heavy atom. The summed E-state index contributed by atoms with van der Waals surface area (Å²) < 4.78 is 6.43. The second-order valence-corrected chi connectivity index (χ2v) is 4.31. The minimum Gasteiger partial charge on any atom is -0.448 e. The quantitative estimate of drug-likeness (QED) is 0.752. The molecule has 0 aliphatic heterocycles. The highest BCUT2D eigenvalue weighted by Crippen LogP contribution is 2.16. The molecule has 0 spiro atoms. The van der Waals surface area contributed by atoms with Gasteiger partial charge in [-0.3, -0.25) is 9.48 Å². The van der Waals surface area contributed by atoms with Gasteiger partial charge in [-0.1, -0.05) is 6.92 Å². The molecule has 0 radical (unpaired) electrons. The first kappa shape index (κ1) is 15.0. The molecule has 0 aromatic carbocycles. The fourth-order valence-corrected chi connectivity index (χ4v) is 1.58. The Kier molecular flexibility index (Phi) is 4.91. The van der Waals surface area contributed by atoms with Crippen molar-refractivity contribution in [2.75, 3.05) is 12.3 Å². The summed E-state index contributed by atoms with van der Waals surface area (Å²) in [5.41, 5.74) is 6.74. The van der Waals surface area contributed by atoms with Crippen molar-refractivity contribution in [3.8, 4) is 0 Å². The van der Waals surface area contributed by atoms with E-state index in [2.05, 4.69) is 10.4 Å². The summed E-state index contributed by atoms with van der Waals surface area (Å²) in [5.74, 6) is -0.979. The largest absolute Gasteiger partial charge is 0.448 e. The summed E-state index contributed by atoms with van der Waals surface area (Å²) in [6, 6.07) is 0. The van der Waals surface area contributed by atoms with Crippen molar-refractivity contribution in [1.29, 1.82) is 0 Å². The van der Waals surface area contributed by atoms with E-state index in [1.807, 2.05) is 6.92 Å². The smallest absolute Gasteiger partial charge is 0.359 e. The molecule has 1 atom stereocenters. The van der Waals surface area contributed by atoms with Gasteiger partial charge in [-0.25, -0.2) is 4.79 Å². The number of rotatable bonds is 5. The second-order valence-electron chi connectivity index (χ2n) is 4.31. The third-order valence-corrected chi connectivity index (χ3v) is 2.66. The molecule has 19 heavy (non-hydrogen) atoms. The van der Waals surface area contributed by atoms with E-state index in [1.54, 1.807) is 14.0 Å². The number of hydrogen-bond acceptors (Lipinski definition) is 5. The molecule has 7 heteroatoms. The first-order valence-electron chi connectivity index (χ1n) is 6.16. The van der Waals surface area contributed by atoms with Crippen LogP contribution in [0.3, 0.4) is 0 Å². The summed E-state index contributed by atoms with van der Waals surface area (Å²) in [7, 11) is 1.60. The Hall–Kier alpha value is -2.05. The number of carbonyl (C=O) groups is 2. The van der Waals surface area contributed by atoms with Crippen LogP contribution in [0.25, 0.3) is 0 Å². The van der Waals surface area contributed by atoms with Crippen LogP contribution < -0.4 is 11.1 Å². The number of aryl methyl sites for hydroxylation is 2. The van der Waals surface area contributed by atoms with Gasteiger partial charge in [0.05, 0.1) is 11.4 Å². The zero-order chi connectivity index (χ0) is 14.6. The van der Waals surface area contributed by atoms with Crippen molar-refractivity contribution in [3.05, 3.63) is 11.4 Å². The average molecular weight is 268 g/mol. The minimum absolute atomic E-state index is 0.160. The van der Waals surface area contributed by atoms with Crippen LogP contribution in [0.4, 0.5) is 5.69 Å². The second kappa shape index (κ2) is 6.21. The van der Waals surface area contributed by atoms with Crippen molar-refractivity contribution >= 4 is 17.6 Å². The van der Waals surface area contributed by atoms with Crippen molar-refractivity contribution in [2.24, 2.45) is 7.05 Å². The Morgan fingerprint density at radius 3 is 2.63 bits per heavy atom. The van der Waals surface area contributed by atoms with Crippen LogP contribution in [-0.2, 0) is 16.6 Å². The molecule has 1 aromatic heterocycles. The Bertz CT molecular complexity index is 482. The van der Waals surface area contributed by atoms with Gasteiger partial charge in [0.15, 0.2) is 11.8 Å². The number of nitrogens with zero attached hydrogens (tertiary/aromatic N) is 2. The van der Waals surface area contributed by atoms with Gasteiger partial charge in [-0.15, -0.1) is 0 Å². The van der Waals surface area contributed by atoms with Crippen LogP contribution in [0, 0.1) is 6.92 Å². The molecule has 1 aromatic rings. The zero-order valence-corrected chi connectivity index (χ0v) is 11.7. The molecule has 0 fully saturated rings. The Morgan fingerprint density at radius 1 is 1.53 bits per heavy atom. The van der Waals surface area contributed by atoms with Crippen molar-refractivity contribution in [3.63, 3.8) is 0 Å². The lowest BCUT2D eigenvalue weighted by Gasteiger charge is -2.13. The van der Waals surface area contributed by atoms with E-state index in [1.165, 1.54) is 11.6 Å². The molecule has 0 saturated carbocycles. The maximum absolute atomic E-state index is 11.9. The van der Waals surface area contributed by atoms with Crippen LogP contribution in [0.15, 0.2) is 0 Å². The van der Waals surface area contributed by atoms with E-state index in [0.29, 0.717) is 12.2 Å². The van der Waals surface area contributed by atoms with Gasteiger partial charge >= 0.3 is 5.97 Å². The zero-order valence-electron chi connectivity index (χ0n) is 11.7. The summed E-state index contributed by atoms with van der Waals surface area (Å²) in [6.07, 6.45) is -0.0473. The molecule has 1 heterocycles. The number of aromatic nitrogens is 2. The van der Waals surface area contributed by atoms with E-state index in [-0.39, 0.29) is 17.3 Å². The summed E-state index contributed by atoms with van der Waals surface area (Å²) in [5, 5.41) is 6.68. The van der Waals surface area contributed by atoms with Crippen LogP contribution in [0.2, 0.25) is 0 Å². The predicted octanol–water partition coefficient (Wildman–Crippen LogP) is 0.382. The van der Waals surface area contributed by atoms with E-state index < -0.39 is 12.1 Å². The fraction of sp³-hybridized carbons (Fsp3) is 0.583. The number of esters is 1. The maximum atomic E-state index is 11.9. The molecule has 1 amide bonds. The average Bonchev–Trinajstić information content (AvgIpc) is 2.60. The fourth-order valence-electron chi connectivity index (χ4n) is 1.58. The molecular weight excluding hydrogens is 248 g/mol. The molecule has 7 nitrogen and oxygen atoms in total. The lowest BCUT2D eigenvalue weighted by molar-refractivity contribution is -0.129.